The number of guanidine groups is 1. The van der Waals surface area contributed by atoms with Crippen LogP contribution in [0.2, 0.25) is 0 Å². The minimum Gasteiger partial charge on any atom is -0.367 e. The van der Waals surface area contributed by atoms with Crippen molar-refractivity contribution in [2.24, 2.45) is 4.99 Å². The molecule has 1 fully saturated rings. The monoisotopic (exact) mass is 440 g/mol. The Bertz CT molecular complexity index is 911. The molecule has 6 nitrogen and oxygen atoms in total. The highest BCUT2D eigenvalue weighted by Crippen LogP contribution is 2.25. The summed E-state index contributed by atoms with van der Waals surface area (Å²) >= 11 is 0. The first kappa shape index (κ1) is 23.7. The maximum Gasteiger partial charge on any atom is 0.253 e. The van der Waals surface area contributed by atoms with E-state index in [1.54, 1.807) is 19.2 Å². The van der Waals surface area contributed by atoms with Crippen LogP contribution in [-0.4, -0.2) is 61.0 Å². The van der Waals surface area contributed by atoms with Crippen LogP contribution in [0, 0.1) is 5.82 Å². The standard InChI is InChI=1S/C25H33FN4O2/c1-5-29(6-2)24(31)21-9-7-19(8-10-21)15-28-25(27-4)30-16-18(3)32-23(17-30)20-11-13-22(26)14-12-20/h7-14,18,23H,5-6,15-17H2,1-4H3,(H,27,28). The zero-order chi connectivity index (χ0) is 23.1. The van der Waals surface area contributed by atoms with E-state index in [-0.39, 0.29) is 23.9 Å². The Morgan fingerprint density at radius 2 is 1.78 bits per heavy atom. The summed E-state index contributed by atoms with van der Waals surface area (Å²) in [5, 5.41) is 3.42. The van der Waals surface area contributed by atoms with Crippen molar-refractivity contribution in [2.45, 2.75) is 39.5 Å². The van der Waals surface area contributed by atoms with Gasteiger partial charge in [0.15, 0.2) is 5.96 Å². The van der Waals surface area contributed by atoms with Gasteiger partial charge in [-0.25, -0.2) is 4.39 Å². The van der Waals surface area contributed by atoms with Gasteiger partial charge in [-0.05, 0) is 56.2 Å². The summed E-state index contributed by atoms with van der Waals surface area (Å²) in [6, 6.07) is 14.2. The molecule has 2 aromatic carbocycles. The lowest BCUT2D eigenvalue weighted by atomic mass is 10.1. The summed E-state index contributed by atoms with van der Waals surface area (Å²) in [6.07, 6.45) is -0.133. The number of rotatable bonds is 6. The number of amides is 1. The molecule has 32 heavy (non-hydrogen) atoms. The van der Waals surface area contributed by atoms with Crippen LogP contribution in [0.15, 0.2) is 53.5 Å². The molecule has 0 radical (unpaired) electrons. The van der Waals surface area contributed by atoms with Gasteiger partial charge in [0, 0.05) is 38.8 Å². The summed E-state index contributed by atoms with van der Waals surface area (Å²) in [5.41, 5.74) is 2.72. The number of hydrogen-bond acceptors (Lipinski definition) is 3. The number of nitrogens with one attached hydrogen (secondary N) is 1. The lowest BCUT2D eigenvalue weighted by molar-refractivity contribution is -0.0605. The molecule has 2 atom stereocenters. The molecule has 0 bridgehead atoms. The third-order valence-electron chi connectivity index (χ3n) is 5.72. The number of morpholine rings is 1. The normalized spacial score (nSPS) is 19.0. The van der Waals surface area contributed by atoms with Crippen LogP contribution in [0.5, 0.6) is 0 Å². The van der Waals surface area contributed by atoms with E-state index in [4.69, 9.17) is 4.74 Å². The summed E-state index contributed by atoms with van der Waals surface area (Å²) in [6.45, 7) is 9.34. The Kier molecular flexibility index (Phi) is 8.22. The number of nitrogens with zero attached hydrogens (tertiary/aromatic N) is 3. The highest BCUT2D eigenvalue weighted by molar-refractivity contribution is 5.94. The number of benzene rings is 2. The summed E-state index contributed by atoms with van der Waals surface area (Å²) < 4.78 is 19.4. The molecule has 0 aliphatic carbocycles. The number of carbonyl (C=O) groups is 1. The van der Waals surface area contributed by atoms with E-state index in [9.17, 15) is 9.18 Å². The third-order valence-corrected chi connectivity index (χ3v) is 5.72. The van der Waals surface area contributed by atoms with Gasteiger partial charge in [0.1, 0.15) is 11.9 Å². The zero-order valence-electron chi connectivity index (χ0n) is 19.3. The fraction of sp³-hybridized carbons (Fsp3) is 0.440. The van der Waals surface area contributed by atoms with E-state index in [1.165, 1.54) is 12.1 Å². The third kappa shape index (κ3) is 5.85. The molecule has 172 valence electrons. The molecular formula is C25H33FN4O2. The van der Waals surface area contributed by atoms with E-state index >= 15 is 0 Å². The second-order valence-electron chi connectivity index (χ2n) is 7.97. The quantitative estimate of drug-likeness (QED) is 0.548. The molecule has 1 amide bonds. The molecule has 0 spiro atoms. The minimum atomic E-state index is -0.253. The number of ether oxygens (including phenoxy) is 1. The molecule has 2 unspecified atom stereocenters. The van der Waals surface area contributed by atoms with Crippen LogP contribution in [0.4, 0.5) is 4.39 Å². The maximum absolute atomic E-state index is 13.3. The first-order valence-corrected chi connectivity index (χ1v) is 11.2. The summed E-state index contributed by atoms with van der Waals surface area (Å²) in [4.78, 5) is 20.9. The Hall–Kier alpha value is -2.93. The van der Waals surface area contributed by atoms with Gasteiger partial charge in [0.05, 0.1) is 12.6 Å². The maximum atomic E-state index is 13.3. The number of halogens is 1. The van der Waals surface area contributed by atoms with Gasteiger partial charge in [0.25, 0.3) is 5.91 Å². The average Bonchev–Trinajstić information content (AvgIpc) is 2.80. The Balaban J connectivity index is 1.62. The molecule has 1 N–H and O–H groups in total. The first-order valence-electron chi connectivity index (χ1n) is 11.2. The van der Waals surface area contributed by atoms with Crippen LogP contribution in [0.1, 0.15) is 48.4 Å². The highest BCUT2D eigenvalue weighted by atomic mass is 19.1. The van der Waals surface area contributed by atoms with Gasteiger partial charge in [-0.2, -0.15) is 0 Å². The Morgan fingerprint density at radius 3 is 2.38 bits per heavy atom. The van der Waals surface area contributed by atoms with Crippen LogP contribution in [0.25, 0.3) is 0 Å². The van der Waals surface area contributed by atoms with Crippen molar-refractivity contribution >= 4 is 11.9 Å². The van der Waals surface area contributed by atoms with Gasteiger partial charge in [0.2, 0.25) is 0 Å². The van der Waals surface area contributed by atoms with Crippen molar-refractivity contribution in [1.82, 2.24) is 15.1 Å². The predicted molar refractivity (Wildman–Crippen MR) is 125 cm³/mol. The summed E-state index contributed by atoms with van der Waals surface area (Å²) in [5.74, 6) is 0.590. The SMILES string of the molecule is CCN(CC)C(=O)c1ccc(CNC(=NC)N2CC(C)OC(c3ccc(F)cc3)C2)cc1. The lowest BCUT2D eigenvalue weighted by Gasteiger charge is -2.38. The van der Waals surface area contributed by atoms with E-state index in [2.05, 4.69) is 15.2 Å². The molecule has 1 aliphatic heterocycles. The molecule has 1 heterocycles. The second kappa shape index (κ2) is 11.1. The van der Waals surface area contributed by atoms with Crippen molar-refractivity contribution in [1.29, 1.82) is 0 Å². The Morgan fingerprint density at radius 1 is 1.12 bits per heavy atom. The van der Waals surface area contributed by atoms with Gasteiger partial charge in [-0.15, -0.1) is 0 Å². The van der Waals surface area contributed by atoms with Crippen molar-refractivity contribution in [3.63, 3.8) is 0 Å². The number of carbonyl (C=O) groups excluding carboxylic acids is 1. The van der Waals surface area contributed by atoms with Gasteiger partial charge >= 0.3 is 0 Å². The van der Waals surface area contributed by atoms with Crippen molar-refractivity contribution in [3.8, 4) is 0 Å². The highest BCUT2D eigenvalue weighted by Gasteiger charge is 2.28. The molecule has 7 heteroatoms. The lowest BCUT2D eigenvalue weighted by Crippen LogP contribution is -2.50. The smallest absolute Gasteiger partial charge is 0.253 e. The zero-order valence-corrected chi connectivity index (χ0v) is 19.3. The topological polar surface area (TPSA) is 57.2 Å². The van der Waals surface area contributed by atoms with Crippen LogP contribution in [-0.2, 0) is 11.3 Å². The van der Waals surface area contributed by atoms with E-state index < -0.39 is 0 Å². The number of hydrogen-bond donors (Lipinski definition) is 1. The van der Waals surface area contributed by atoms with Gasteiger partial charge in [-0.1, -0.05) is 24.3 Å². The van der Waals surface area contributed by atoms with E-state index in [0.717, 1.165) is 17.1 Å². The molecule has 2 aromatic rings. The first-order chi connectivity index (χ1) is 15.4. The molecule has 1 aliphatic rings. The molecule has 3 rings (SSSR count). The van der Waals surface area contributed by atoms with Crippen LogP contribution in [0.3, 0.4) is 0 Å². The second-order valence-corrected chi connectivity index (χ2v) is 7.97. The van der Waals surface area contributed by atoms with Gasteiger partial charge in [-0.3, -0.25) is 9.79 Å². The van der Waals surface area contributed by atoms with Crippen LogP contribution < -0.4 is 5.32 Å². The molecular weight excluding hydrogens is 407 g/mol. The van der Waals surface area contributed by atoms with Crippen molar-refractivity contribution < 1.29 is 13.9 Å². The predicted octanol–water partition coefficient (Wildman–Crippen LogP) is 3.85. The summed E-state index contributed by atoms with van der Waals surface area (Å²) in [7, 11) is 1.77. The average molecular weight is 441 g/mol. The van der Waals surface area contributed by atoms with E-state index in [1.807, 2.05) is 49.9 Å². The molecule has 0 saturated carbocycles. The number of aliphatic imine (C=N–C) groups is 1. The molecule has 1 saturated heterocycles. The van der Waals surface area contributed by atoms with E-state index in [0.29, 0.717) is 38.3 Å². The molecule has 0 aromatic heterocycles. The largest absolute Gasteiger partial charge is 0.367 e. The fourth-order valence-corrected chi connectivity index (χ4v) is 3.96. The fourth-order valence-electron chi connectivity index (χ4n) is 3.96. The Labute approximate surface area is 190 Å². The van der Waals surface area contributed by atoms with Gasteiger partial charge < -0.3 is 19.9 Å². The van der Waals surface area contributed by atoms with Crippen molar-refractivity contribution in [3.05, 3.63) is 71.0 Å². The minimum absolute atomic E-state index is 0.0164. The van der Waals surface area contributed by atoms with Crippen LogP contribution >= 0.6 is 0 Å². The van der Waals surface area contributed by atoms with Crippen molar-refractivity contribution in [2.75, 3.05) is 33.2 Å².